The van der Waals surface area contributed by atoms with Gasteiger partial charge in [-0.15, -0.1) is 11.3 Å². The highest BCUT2D eigenvalue weighted by Crippen LogP contribution is 2.11. The zero-order chi connectivity index (χ0) is 13.9. The number of likely N-dealkylation sites (tertiary alicyclic amines) is 1. The van der Waals surface area contributed by atoms with E-state index in [1.54, 1.807) is 11.3 Å². The molecule has 2 N–H and O–H groups in total. The molecule has 0 aromatic carbocycles. The van der Waals surface area contributed by atoms with Gasteiger partial charge in [0.2, 0.25) is 0 Å². The molecule has 3 heterocycles. The summed E-state index contributed by atoms with van der Waals surface area (Å²) in [5, 5.41) is 7.89. The molecule has 2 aromatic rings. The molecule has 0 aliphatic carbocycles. The fourth-order valence-corrected chi connectivity index (χ4v) is 3.27. The number of hydrogen-bond acceptors (Lipinski definition) is 4. The van der Waals surface area contributed by atoms with Crippen LogP contribution in [0.15, 0.2) is 17.8 Å². The topological polar surface area (TPSA) is 61.7 Å². The third-order valence-corrected chi connectivity index (χ3v) is 4.30. The van der Waals surface area contributed by atoms with Crippen molar-refractivity contribution < 1.29 is 4.79 Å². The summed E-state index contributed by atoms with van der Waals surface area (Å²) in [6.45, 7) is 2.50. The lowest BCUT2D eigenvalue weighted by Gasteiger charge is -2.30. The van der Waals surface area contributed by atoms with Crippen LogP contribution in [0.4, 0.5) is 4.79 Å². The minimum Gasteiger partial charge on any atom is -0.334 e. The minimum atomic E-state index is -0.110. The summed E-state index contributed by atoms with van der Waals surface area (Å²) in [5.74, 6) is 0. The highest BCUT2D eigenvalue weighted by Gasteiger charge is 2.18. The van der Waals surface area contributed by atoms with Gasteiger partial charge in [-0.3, -0.25) is 4.40 Å². The van der Waals surface area contributed by atoms with E-state index < -0.39 is 0 Å². The van der Waals surface area contributed by atoms with E-state index in [9.17, 15) is 4.79 Å². The maximum absolute atomic E-state index is 11.9. The lowest BCUT2D eigenvalue weighted by atomic mass is 10.1. The van der Waals surface area contributed by atoms with Crippen LogP contribution < -0.4 is 10.6 Å². The van der Waals surface area contributed by atoms with Gasteiger partial charge in [-0.05, 0) is 26.4 Å². The van der Waals surface area contributed by atoms with Gasteiger partial charge in [0.05, 0.1) is 12.2 Å². The van der Waals surface area contributed by atoms with Gasteiger partial charge >= 0.3 is 6.03 Å². The first kappa shape index (κ1) is 13.4. The third kappa shape index (κ3) is 3.10. The summed E-state index contributed by atoms with van der Waals surface area (Å²) in [6.07, 6.45) is 6.10. The summed E-state index contributed by atoms with van der Waals surface area (Å²) in [6, 6.07) is 0.140. The van der Waals surface area contributed by atoms with Gasteiger partial charge in [0.1, 0.15) is 0 Å². The molecular weight excluding hydrogens is 274 g/mol. The molecule has 2 amide bonds. The smallest absolute Gasteiger partial charge is 0.315 e. The van der Waals surface area contributed by atoms with Gasteiger partial charge in [-0.1, -0.05) is 0 Å². The number of nitrogens with one attached hydrogen (secondary N) is 2. The predicted octanol–water partition coefficient (Wildman–Crippen LogP) is 1.29. The number of piperidine rings is 1. The fraction of sp³-hybridized carbons (Fsp3) is 0.538. The number of carbonyl (C=O) groups excluding carboxylic acids is 1. The number of urea groups is 1. The third-order valence-electron chi connectivity index (χ3n) is 3.53. The van der Waals surface area contributed by atoms with Crippen molar-refractivity contribution in [3.8, 4) is 0 Å². The van der Waals surface area contributed by atoms with Crippen molar-refractivity contribution in [3.05, 3.63) is 23.5 Å². The van der Waals surface area contributed by atoms with E-state index in [0.717, 1.165) is 36.6 Å². The molecule has 1 aliphatic heterocycles. The molecule has 1 saturated heterocycles. The number of thiazole rings is 1. The molecule has 0 spiro atoms. The lowest BCUT2D eigenvalue weighted by molar-refractivity contribution is 0.209. The zero-order valence-corrected chi connectivity index (χ0v) is 12.3. The summed E-state index contributed by atoms with van der Waals surface area (Å²) in [5.41, 5.74) is 0.882. The average molecular weight is 293 g/mol. The maximum atomic E-state index is 11.9. The zero-order valence-electron chi connectivity index (χ0n) is 11.5. The van der Waals surface area contributed by atoms with E-state index >= 15 is 0 Å². The monoisotopic (exact) mass is 293 g/mol. The number of imidazole rings is 1. The molecule has 7 heteroatoms. The first-order valence-corrected chi connectivity index (χ1v) is 7.72. The Labute approximate surface area is 121 Å². The molecule has 6 nitrogen and oxygen atoms in total. The lowest BCUT2D eigenvalue weighted by Crippen LogP contribution is -2.49. The Morgan fingerprint density at radius 1 is 1.60 bits per heavy atom. The van der Waals surface area contributed by atoms with Crippen molar-refractivity contribution in [2.45, 2.75) is 25.4 Å². The molecule has 20 heavy (non-hydrogen) atoms. The molecule has 1 fully saturated rings. The number of fused-ring (bicyclic) bond motifs is 1. The Hall–Kier alpha value is -1.60. The molecule has 0 radical (unpaired) electrons. The van der Waals surface area contributed by atoms with Gasteiger partial charge in [0.15, 0.2) is 4.96 Å². The van der Waals surface area contributed by atoms with E-state index in [0.29, 0.717) is 6.54 Å². The van der Waals surface area contributed by atoms with E-state index in [2.05, 4.69) is 27.6 Å². The molecule has 1 aliphatic rings. The molecule has 1 atom stereocenters. The SMILES string of the molecule is CN1CCCC(NC(=O)NCc2cn3ccsc3n2)C1. The Balaban J connectivity index is 1.48. The van der Waals surface area contributed by atoms with E-state index in [4.69, 9.17) is 0 Å². The normalized spacial score (nSPS) is 20.1. The van der Waals surface area contributed by atoms with Gasteiger partial charge in [-0.2, -0.15) is 0 Å². The van der Waals surface area contributed by atoms with E-state index in [-0.39, 0.29) is 12.1 Å². The van der Waals surface area contributed by atoms with Crippen LogP contribution in [0.1, 0.15) is 18.5 Å². The number of aromatic nitrogens is 2. The Bertz CT molecular complexity index is 564. The Morgan fingerprint density at radius 3 is 3.30 bits per heavy atom. The second-order valence-corrected chi connectivity index (χ2v) is 6.13. The van der Waals surface area contributed by atoms with Crippen LogP contribution in [0.5, 0.6) is 0 Å². The number of amides is 2. The van der Waals surface area contributed by atoms with Gasteiger partial charge in [-0.25, -0.2) is 9.78 Å². The van der Waals surface area contributed by atoms with Gasteiger partial charge < -0.3 is 15.5 Å². The Morgan fingerprint density at radius 2 is 2.50 bits per heavy atom. The first-order valence-electron chi connectivity index (χ1n) is 6.85. The molecule has 2 aromatic heterocycles. The number of rotatable bonds is 3. The standard InChI is InChI=1S/C13H19N5OS/c1-17-4-2-3-10(8-17)15-12(19)14-7-11-9-18-5-6-20-13(18)16-11/h5-6,9-10H,2-4,7-8H2,1H3,(H2,14,15,19). The largest absolute Gasteiger partial charge is 0.334 e. The predicted molar refractivity (Wildman–Crippen MR) is 79.0 cm³/mol. The number of nitrogens with zero attached hydrogens (tertiary/aromatic N) is 3. The number of likely N-dealkylation sites (N-methyl/N-ethyl adjacent to an activating group) is 1. The van der Waals surface area contributed by atoms with E-state index in [1.807, 2.05) is 22.2 Å². The highest BCUT2D eigenvalue weighted by atomic mass is 32.1. The van der Waals surface area contributed by atoms with Crippen molar-refractivity contribution >= 4 is 22.3 Å². The van der Waals surface area contributed by atoms with Gasteiger partial charge in [0.25, 0.3) is 0 Å². The van der Waals surface area contributed by atoms with Crippen LogP contribution in [-0.4, -0.2) is 46.5 Å². The summed E-state index contributed by atoms with van der Waals surface area (Å²) < 4.78 is 1.97. The second kappa shape index (κ2) is 5.80. The minimum absolute atomic E-state index is 0.110. The van der Waals surface area contributed by atoms with Crippen LogP contribution in [0, 0.1) is 0 Å². The Kier molecular flexibility index (Phi) is 3.88. The van der Waals surface area contributed by atoms with Gasteiger partial charge in [0, 0.05) is 30.4 Å². The van der Waals surface area contributed by atoms with Crippen molar-refractivity contribution in [2.75, 3.05) is 20.1 Å². The molecular formula is C13H19N5OS. The van der Waals surface area contributed by atoms with Crippen LogP contribution in [-0.2, 0) is 6.54 Å². The van der Waals surface area contributed by atoms with Crippen molar-refractivity contribution in [1.82, 2.24) is 24.9 Å². The summed E-state index contributed by atoms with van der Waals surface area (Å²) >= 11 is 1.59. The highest BCUT2D eigenvalue weighted by molar-refractivity contribution is 7.15. The second-order valence-electron chi connectivity index (χ2n) is 5.25. The van der Waals surface area contributed by atoms with Crippen LogP contribution >= 0.6 is 11.3 Å². The van der Waals surface area contributed by atoms with Crippen molar-refractivity contribution in [1.29, 1.82) is 0 Å². The number of hydrogen-bond donors (Lipinski definition) is 2. The molecule has 0 bridgehead atoms. The molecule has 0 saturated carbocycles. The fourth-order valence-electron chi connectivity index (χ4n) is 2.55. The van der Waals surface area contributed by atoms with Crippen molar-refractivity contribution in [3.63, 3.8) is 0 Å². The number of carbonyl (C=O) groups is 1. The maximum Gasteiger partial charge on any atom is 0.315 e. The summed E-state index contributed by atoms with van der Waals surface area (Å²) in [7, 11) is 2.09. The van der Waals surface area contributed by atoms with Crippen LogP contribution in [0.25, 0.3) is 4.96 Å². The first-order chi connectivity index (χ1) is 9.70. The molecule has 1 unspecified atom stereocenters. The van der Waals surface area contributed by atoms with E-state index in [1.165, 1.54) is 0 Å². The van der Waals surface area contributed by atoms with Crippen molar-refractivity contribution in [2.24, 2.45) is 0 Å². The van der Waals surface area contributed by atoms with Crippen LogP contribution in [0.2, 0.25) is 0 Å². The molecule has 108 valence electrons. The average Bonchev–Trinajstić information content (AvgIpc) is 2.97. The quantitative estimate of drug-likeness (QED) is 0.896. The summed E-state index contributed by atoms with van der Waals surface area (Å²) in [4.78, 5) is 19.5. The molecule has 3 rings (SSSR count). The van der Waals surface area contributed by atoms with Crippen LogP contribution in [0.3, 0.4) is 0 Å².